The van der Waals surface area contributed by atoms with E-state index in [-0.39, 0.29) is 11.8 Å². The Bertz CT molecular complexity index is 420. The first-order valence-corrected chi connectivity index (χ1v) is 6.21. The van der Waals surface area contributed by atoms with Gasteiger partial charge in [-0.25, -0.2) is 0 Å². The average Bonchev–Trinajstić information content (AvgIpc) is 3.02. The monoisotopic (exact) mass is 236 g/mol. The fraction of sp³-hybridized carbons (Fsp3) is 0.667. The third kappa shape index (κ3) is 2.14. The van der Waals surface area contributed by atoms with Gasteiger partial charge in [-0.2, -0.15) is 5.10 Å². The number of H-pyrrole nitrogens is 1. The normalized spacial score (nSPS) is 15.3. The lowest BCUT2D eigenvalue weighted by atomic mass is 10.1. The predicted octanol–water partition coefficient (Wildman–Crippen LogP) is 1.74. The van der Waals surface area contributed by atoms with Crippen molar-refractivity contribution in [3.63, 3.8) is 0 Å². The van der Waals surface area contributed by atoms with Gasteiger partial charge >= 0.3 is 0 Å². The third-order valence-electron chi connectivity index (χ3n) is 3.20. The largest absolute Gasteiger partial charge is 0.395 e. The van der Waals surface area contributed by atoms with E-state index in [0.29, 0.717) is 24.0 Å². The topological polar surface area (TPSA) is 75.0 Å². The number of carbonyl (C=O) groups excluding carboxylic acids is 1. The number of nitrogens with one attached hydrogen (secondary N) is 1. The van der Waals surface area contributed by atoms with Crippen LogP contribution < -0.4 is 5.73 Å². The van der Waals surface area contributed by atoms with Crippen molar-refractivity contribution >= 4 is 11.6 Å². The van der Waals surface area contributed by atoms with Crippen LogP contribution in [-0.2, 0) is 0 Å². The van der Waals surface area contributed by atoms with E-state index in [9.17, 15) is 4.79 Å². The smallest absolute Gasteiger partial charge is 0.276 e. The van der Waals surface area contributed by atoms with Crippen LogP contribution in [0.4, 0.5) is 5.69 Å². The van der Waals surface area contributed by atoms with Crippen molar-refractivity contribution in [1.29, 1.82) is 0 Å². The van der Waals surface area contributed by atoms with Gasteiger partial charge in [-0.1, -0.05) is 13.8 Å². The highest BCUT2D eigenvalue weighted by atomic mass is 16.2. The molecule has 0 unspecified atom stereocenters. The molecular weight excluding hydrogens is 216 g/mol. The highest BCUT2D eigenvalue weighted by Crippen LogP contribution is 2.30. The molecule has 5 heteroatoms. The minimum Gasteiger partial charge on any atom is -0.395 e. The van der Waals surface area contributed by atoms with Crippen LogP contribution in [0.2, 0.25) is 0 Å². The lowest BCUT2D eigenvalue weighted by Crippen LogP contribution is -2.33. The van der Waals surface area contributed by atoms with E-state index in [0.717, 1.165) is 18.5 Å². The van der Waals surface area contributed by atoms with E-state index < -0.39 is 0 Å². The number of nitrogen functional groups attached to an aromatic ring is 1. The van der Waals surface area contributed by atoms with Crippen LogP contribution in [0.15, 0.2) is 0 Å². The van der Waals surface area contributed by atoms with Crippen LogP contribution in [0.5, 0.6) is 0 Å². The second-order valence-electron chi connectivity index (χ2n) is 4.88. The third-order valence-corrected chi connectivity index (χ3v) is 3.20. The second kappa shape index (κ2) is 4.39. The summed E-state index contributed by atoms with van der Waals surface area (Å²) in [7, 11) is 0. The fourth-order valence-corrected chi connectivity index (χ4v) is 2.06. The number of rotatable bonds is 4. The lowest BCUT2D eigenvalue weighted by Gasteiger charge is -2.19. The second-order valence-corrected chi connectivity index (χ2v) is 4.88. The van der Waals surface area contributed by atoms with Gasteiger partial charge < -0.3 is 10.6 Å². The van der Waals surface area contributed by atoms with E-state index >= 15 is 0 Å². The summed E-state index contributed by atoms with van der Waals surface area (Å²) < 4.78 is 0. The summed E-state index contributed by atoms with van der Waals surface area (Å²) in [5.74, 6) is 0.204. The highest BCUT2D eigenvalue weighted by Gasteiger charge is 2.34. The molecule has 1 aromatic heterocycles. The molecule has 0 aromatic carbocycles. The first-order chi connectivity index (χ1) is 8.06. The summed E-state index contributed by atoms with van der Waals surface area (Å²) in [4.78, 5) is 14.1. The van der Waals surface area contributed by atoms with Crippen LogP contribution in [0.25, 0.3) is 0 Å². The van der Waals surface area contributed by atoms with Crippen LogP contribution in [0.3, 0.4) is 0 Å². The molecule has 0 atom stereocenters. The Morgan fingerprint density at radius 3 is 2.65 bits per heavy atom. The van der Waals surface area contributed by atoms with Crippen molar-refractivity contribution in [2.24, 2.45) is 0 Å². The Hall–Kier alpha value is -1.52. The van der Waals surface area contributed by atoms with Crippen LogP contribution in [0.1, 0.15) is 55.7 Å². The molecule has 0 bridgehead atoms. The Morgan fingerprint density at radius 1 is 1.59 bits per heavy atom. The molecule has 2 rings (SSSR count). The number of amides is 1. The molecular formula is C12H20N4O. The number of nitrogens with zero attached hydrogens (tertiary/aromatic N) is 2. The summed E-state index contributed by atoms with van der Waals surface area (Å²) in [5, 5.41) is 6.94. The van der Waals surface area contributed by atoms with Crippen molar-refractivity contribution in [3.05, 3.63) is 11.4 Å². The number of nitrogens with two attached hydrogens (primary N) is 1. The predicted molar refractivity (Wildman–Crippen MR) is 66.8 cm³/mol. The Morgan fingerprint density at radius 2 is 2.24 bits per heavy atom. The minimum atomic E-state index is -0.0457. The van der Waals surface area contributed by atoms with Crippen molar-refractivity contribution in [2.45, 2.75) is 45.6 Å². The van der Waals surface area contributed by atoms with Gasteiger partial charge in [0.1, 0.15) is 0 Å². The number of hydrogen-bond acceptors (Lipinski definition) is 3. The molecule has 0 saturated heterocycles. The number of anilines is 1. The molecule has 1 aliphatic rings. The summed E-state index contributed by atoms with van der Waals surface area (Å²) in [6.07, 6.45) is 2.20. The Labute approximate surface area is 101 Å². The molecule has 3 N–H and O–H groups in total. The Balaban J connectivity index is 2.24. The number of carbonyl (C=O) groups is 1. The van der Waals surface area contributed by atoms with E-state index in [1.165, 1.54) is 0 Å². The van der Waals surface area contributed by atoms with Gasteiger partial charge in [0.2, 0.25) is 0 Å². The maximum Gasteiger partial charge on any atom is 0.276 e. The summed E-state index contributed by atoms with van der Waals surface area (Å²) in [6.45, 7) is 6.75. The van der Waals surface area contributed by atoms with Crippen molar-refractivity contribution in [2.75, 3.05) is 12.3 Å². The summed E-state index contributed by atoms with van der Waals surface area (Å²) in [5.41, 5.74) is 7.71. The van der Waals surface area contributed by atoms with E-state index in [1.807, 2.05) is 25.7 Å². The average molecular weight is 236 g/mol. The van der Waals surface area contributed by atoms with Crippen molar-refractivity contribution < 1.29 is 4.79 Å². The molecule has 0 spiro atoms. The molecule has 0 radical (unpaired) electrons. The van der Waals surface area contributed by atoms with Gasteiger partial charge in [0.05, 0.1) is 11.4 Å². The molecule has 1 heterocycles. The minimum absolute atomic E-state index is 0.0457. The highest BCUT2D eigenvalue weighted by molar-refractivity contribution is 5.98. The van der Waals surface area contributed by atoms with Crippen LogP contribution >= 0.6 is 0 Å². The summed E-state index contributed by atoms with van der Waals surface area (Å²) in [6, 6.07) is 0.395. The van der Waals surface area contributed by atoms with Crippen molar-refractivity contribution in [3.8, 4) is 0 Å². The summed E-state index contributed by atoms with van der Waals surface area (Å²) >= 11 is 0. The van der Waals surface area contributed by atoms with Gasteiger partial charge in [-0.3, -0.25) is 9.89 Å². The zero-order valence-corrected chi connectivity index (χ0v) is 10.7. The number of hydrogen-bond donors (Lipinski definition) is 2. The van der Waals surface area contributed by atoms with Gasteiger partial charge in [-0.05, 0) is 25.7 Å². The van der Waals surface area contributed by atoms with Gasteiger partial charge in [0.25, 0.3) is 5.91 Å². The van der Waals surface area contributed by atoms with Crippen molar-refractivity contribution in [1.82, 2.24) is 15.1 Å². The maximum atomic E-state index is 12.3. The zero-order chi connectivity index (χ0) is 12.6. The molecule has 0 aliphatic heterocycles. The molecule has 1 saturated carbocycles. The molecule has 1 amide bonds. The van der Waals surface area contributed by atoms with Gasteiger partial charge in [0.15, 0.2) is 5.69 Å². The van der Waals surface area contributed by atoms with E-state index in [2.05, 4.69) is 10.2 Å². The van der Waals surface area contributed by atoms with Crippen LogP contribution in [-0.4, -0.2) is 33.6 Å². The quantitative estimate of drug-likeness (QED) is 0.836. The maximum absolute atomic E-state index is 12.3. The molecule has 5 nitrogen and oxygen atoms in total. The molecule has 1 aromatic rings. The molecule has 17 heavy (non-hydrogen) atoms. The standard InChI is InChI=1S/C12H20N4O/c1-4-16(8-5-6-8)12(17)11-9(13)10(7(2)3)14-15-11/h7-8H,4-6,13H2,1-3H3,(H,14,15). The van der Waals surface area contributed by atoms with E-state index in [4.69, 9.17) is 5.73 Å². The Kier molecular flexibility index (Phi) is 3.09. The molecule has 94 valence electrons. The van der Waals surface area contributed by atoms with Gasteiger partial charge in [-0.15, -0.1) is 0 Å². The zero-order valence-electron chi connectivity index (χ0n) is 10.7. The number of aromatic nitrogens is 2. The SMILES string of the molecule is CCN(C(=O)c1n[nH]c(C(C)C)c1N)C1CC1. The first-order valence-electron chi connectivity index (χ1n) is 6.21. The lowest BCUT2D eigenvalue weighted by molar-refractivity contribution is 0.0747. The first kappa shape index (κ1) is 12.0. The molecule has 1 fully saturated rings. The fourth-order valence-electron chi connectivity index (χ4n) is 2.06. The van der Waals surface area contributed by atoms with Gasteiger partial charge in [0, 0.05) is 12.6 Å². The molecule has 1 aliphatic carbocycles. The van der Waals surface area contributed by atoms with Crippen LogP contribution in [0, 0.1) is 0 Å². The number of aromatic amines is 1. The van der Waals surface area contributed by atoms with E-state index in [1.54, 1.807) is 0 Å².